The second-order valence-electron chi connectivity index (χ2n) is 8.33. The summed E-state index contributed by atoms with van der Waals surface area (Å²) in [5.74, 6) is 1.23. The maximum atomic E-state index is 11.5. The number of aryl methyl sites for hydroxylation is 1. The van der Waals surface area contributed by atoms with Crippen LogP contribution in [0.4, 0.5) is 4.79 Å². The van der Waals surface area contributed by atoms with Crippen LogP contribution in [0.15, 0.2) is 71.8 Å². The first-order chi connectivity index (χ1) is 17.0. The van der Waals surface area contributed by atoms with E-state index in [1.165, 1.54) is 0 Å². The molecule has 176 valence electrons. The van der Waals surface area contributed by atoms with Gasteiger partial charge in [0.15, 0.2) is 0 Å². The van der Waals surface area contributed by atoms with Gasteiger partial charge < -0.3 is 14.4 Å². The minimum absolute atomic E-state index is 0.0614. The van der Waals surface area contributed by atoms with E-state index in [9.17, 15) is 9.59 Å². The van der Waals surface area contributed by atoms with Crippen molar-refractivity contribution in [2.45, 2.75) is 32.7 Å². The highest BCUT2D eigenvalue weighted by Gasteiger charge is 2.16. The Labute approximate surface area is 201 Å². The second-order valence-corrected chi connectivity index (χ2v) is 8.33. The molecule has 3 aromatic carbocycles. The molecule has 5 rings (SSSR count). The van der Waals surface area contributed by atoms with Gasteiger partial charge in [-0.25, -0.2) is 15.2 Å². The Balaban J connectivity index is 1.46. The van der Waals surface area contributed by atoms with Crippen LogP contribution in [-0.2, 0) is 17.8 Å². The van der Waals surface area contributed by atoms with Crippen molar-refractivity contribution in [1.29, 1.82) is 0 Å². The number of hydrazone groups is 1. The summed E-state index contributed by atoms with van der Waals surface area (Å²) in [6, 6.07) is 21.2. The molecule has 0 fully saturated rings. The predicted molar refractivity (Wildman–Crippen MR) is 133 cm³/mol. The van der Waals surface area contributed by atoms with Gasteiger partial charge in [0.2, 0.25) is 5.91 Å². The van der Waals surface area contributed by atoms with Crippen LogP contribution in [0.5, 0.6) is 5.75 Å². The average Bonchev–Trinajstić information content (AvgIpc) is 3.22. The zero-order valence-electron chi connectivity index (χ0n) is 19.2. The molecule has 1 aromatic heterocycles. The number of nitrogens with zero attached hydrogens (tertiary/aromatic N) is 3. The molecule has 2 heterocycles. The van der Waals surface area contributed by atoms with E-state index in [4.69, 9.17) is 14.8 Å². The Morgan fingerprint density at radius 1 is 1.06 bits per heavy atom. The molecule has 1 aliphatic heterocycles. The molecular weight excluding hydrogens is 444 g/mol. The van der Waals surface area contributed by atoms with Crippen molar-refractivity contribution in [3.63, 3.8) is 0 Å². The van der Waals surface area contributed by atoms with E-state index >= 15 is 0 Å². The molecular formula is C27H24N4O4. The molecule has 1 aliphatic rings. The van der Waals surface area contributed by atoms with Gasteiger partial charge in [0, 0.05) is 31.4 Å². The first-order valence-corrected chi connectivity index (χ1v) is 11.5. The van der Waals surface area contributed by atoms with Crippen LogP contribution in [0.2, 0.25) is 0 Å². The Morgan fingerprint density at radius 3 is 2.54 bits per heavy atom. The van der Waals surface area contributed by atoms with Crippen LogP contribution in [0, 0.1) is 0 Å². The Kier molecular flexibility index (Phi) is 6.01. The third-order valence-corrected chi connectivity index (χ3v) is 6.07. The predicted octanol–water partition coefficient (Wildman–Crippen LogP) is 4.98. The summed E-state index contributed by atoms with van der Waals surface area (Å²) >= 11 is 0. The minimum atomic E-state index is -1.34. The van der Waals surface area contributed by atoms with Crippen molar-refractivity contribution >= 4 is 28.8 Å². The number of imidazole rings is 1. The van der Waals surface area contributed by atoms with Crippen molar-refractivity contribution in [3.8, 4) is 16.9 Å². The molecule has 0 spiro atoms. The van der Waals surface area contributed by atoms with Crippen molar-refractivity contribution in [2.75, 3.05) is 0 Å². The fraction of sp³-hybridized carbons (Fsp3) is 0.185. The van der Waals surface area contributed by atoms with Crippen LogP contribution < -0.4 is 10.2 Å². The summed E-state index contributed by atoms with van der Waals surface area (Å²) in [5.41, 5.74) is 9.02. The molecule has 1 amide bonds. The highest BCUT2D eigenvalue weighted by atomic mass is 16.7. The highest BCUT2D eigenvalue weighted by Crippen LogP contribution is 2.30. The van der Waals surface area contributed by atoms with Crippen molar-refractivity contribution in [3.05, 3.63) is 83.7 Å². The van der Waals surface area contributed by atoms with Crippen LogP contribution in [-0.4, -0.2) is 32.4 Å². The van der Waals surface area contributed by atoms with Gasteiger partial charge in [-0.2, -0.15) is 5.10 Å². The summed E-state index contributed by atoms with van der Waals surface area (Å²) in [7, 11) is 0. The number of hydrogen-bond donors (Lipinski definition) is 2. The maximum Gasteiger partial charge on any atom is 0.511 e. The Hall–Kier alpha value is -4.46. The van der Waals surface area contributed by atoms with Gasteiger partial charge in [0.25, 0.3) is 0 Å². The Bertz CT molecular complexity index is 1450. The summed E-state index contributed by atoms with van der Waals surface area (Å²) < 4.78 is 7.14. The van der Waals surface area contributed by atoms with Crippen molar-refractivity contribution < 1.29 is 19.4 Å². The van der Waals surface area contributed by atoms with Crippen LogP contribution in [0.3, 0.4) is 0 Å². The normalized spacial score (nSPS) is 13.4. The number of carboxylic acid groups (broad SMARTS) is 1. The number of amides is 1. The monoisotopic (exact) mass is 468 g/mol. The van der Waals surface area contributed by atoms with Crippen LogP contribution in [0.25, 0.3) is 22.2 Å². The fourth-order valence-electron chi connectivity index (χ4n) is 4.34. The maximum absolute atomic E-state index is 11.5. The SMILES string of the molecule is CCc1nc2ccc(C3=NNC(=O)CC3)cc2n1Cc1ccc(-c2ccccc2OC(=O)O)cc1. The van der Waals surface area contributed by atoms with E-state index < -0.39 is 6.16 Å². The molecule has 8 heteroatoms. The van der Waals surface area contributed by atoms with Crippen molar-refractivity contribution in [1.82, 2.24) is 15.0 Å². The fourth-order valence-corrected chi connectivity index (χ4v) is 4.34. The zero-order valence-corrected chi connectivity index (χ0v) is 19.2. The molecule has 0 atom stereocenters. The van der Waals surface area contributed by atoms with Gasteiger partial charge in [-0.15, -0.1) is 0 Å². The molecule has 35 heavy (non-hydrogen) atoms. The topological polar surface area (TPSA) is 106 Å². The lowest BCUT2D eigenvalue weighted by Gasteiger charge is -2.13. The molecule has 0 saturated heterocycles. The number of nitrogens with one attached hydrogen (secondary N) is 1. The van der Waals surface area contributed by atoms with Gasteiger partial charge >= 0.3 is 6.16 Å². The van der Waals surface area contributed by atoms with E-state index in [0.717, 1.165) is 45.7 Å². The van der Waals surface area contributed by atoms with Crippen LogP contribution >= 0.6 is 0 Å². The number of carbonyl (C=O) groups excluding carboxylic acids is 1. The van der Waals surface area contributed by atoms with E-state index in [2.05, 4.69) is 28.1 Å². The van der Waals surface area contributed by atoms with Gasteiger partial charge in [0.1, 0.15) is 11.6 Å². The number of benzene rings is 3. The third-order valence-electron chi connectivity index (χ3n) is 6.07. The number of carbonyl (C=O) groups is 2. The van der Waals surface area contributed by atoms with E-state index in [1.54, 1.807) is 12.1 Å². The lowest BCUT2D eigenvalue weighted by Crippen LogP contribution is -2.25. The number of rotatable bonds is 6. The number of fused-ring (bicyclic) bond motifs is 1. The molecule has 0 saturated carbocycles. The number of para-hydroxylation sites is 1. The Morgan fingerprint density at radius 2 is 1.83 bits per heavy atom. The average molecular weight is 469 g/mol. The molecule has 0 bridgehead atoms. The summed E-state index contributed by atoms with van der Waals surface area (Å²) in [5, 5.41) is 13.3. The molecule has 0 radical (unpaired) electrons. The van der Waals surface area contributed by atoms with E-state index in [0.29, 0.717) is 30.7 Å². The molecule has 0 unspecified atom stereocenters. The first-order valence-electron chi connectivity index (χ1n) is 11.5. The standard InChI is InChI=1S/C27H24N4O4/c1-2-25-28-22-12-11-19(21-13-14-26(32)30-29-21)15-23(22)31(25)16-17-7-9-18(10-8-17)20-5-3-4-6-24(20)35-27(33)34/h3-12,15H,2,13-14,16H2,1H3,(H,30,32)(H,33,34). The minimum Gasteiger partial charge on any atom is -0.449 e. The highest BCUT2D eigenvalue weighted by molar-refractivity contribution is 6.05. The molecule has 0 aliphatic carbocycles. The molecule has 4 aromatic rings. The number of hydrogen-bond acceptors (Lipinski definition) is 5. The van der Waals surface area contributed by atoms with Gasteiger partial charge in [-0.3, -0.25) is 4.79 Å². The van der Waals surface area contributed by atoms with Gasteiger partial charge in [0.05, 0.1) is 16.7 Å². The smallest absolute Gasteiger partial charge is 0.449 e. The number of aromatic nitrogens is 2. The zero-order chi connectivity index (χ0) is 24.4. The molecule has 8 nitrogen and oxygen atoms in total. The second kappa shape index (κ2) is 9.42. The lowest BCUT2D eigenvalue weighted by molar-refractivity contribution is -0.121. The van der Waals surface area contributed by atoms with Gasteiger partial charge in [-0.1, -0.05) is 55.5 Å². The largest absolute Gasteiger partial charge is 0.511 e. The molecule has 2 N–H and O–H groups in total. The summed E-state index contributed by atoms with van der Waals surface area (Å²) in [4.78, 5) is 27.3. The lowest BCUT2D eigenvalue weighted by atomic mass is 10.0. The van der Waals surface area contributed by atoms with E-state index in [1.807, 2.05) is 48.5 Å². The first kappa shape index (κ1) is 22.3. The summed E-state index contributed by atoms with van der Waals surface area (Å²) in [6.45, 7) is 2.72. The third kappa shape index (κ3) is 4.63. The van der Waals surface area contributed by atoms with Gasteiger partial charge in [-0.05, 0) is 34.9 Å². The quantitative estimate of drug-likeness (QED) is 0.307. The van der Waals surface area contributed by atoms with Crippen molar-refractivity contribution in [2.24, 2.45) is 5.10 Å². The number of ether oxygens (including phenoxy) is 1. The summed E-state index contributed by atoms with van der Waals surface area (Å²) in [6.07, 6.45) is 0.497. The van der Waals surface area contributed by atoms with E-state index in [-0.39, 0.29) is 5.91 Å². The van der Waals surface area contributed by atoms with Crippen LogP contribution in [0.1, 0.15) is 36.7 Å².